The van der Waals surface area contributed by atoms with E-state index >= 15 is 0 Å². The van der Waals surface area contributed by atoms with Crippen molar-refractivity contribution in [2.24, 2.45) is 0 Å². The minimum absolute atomic E-state index is 0.0550. The fraction of sp³-hybridized carbons (Fsp3) is 0.133. The molecule has 0 bridgehead atoms. The van der Waals surface area contributed by atoms with Gasteiger partial charge in [0.1, 0.15) is 6.26 Å². The lowest BCUT2D eigenvalue weighted by atomic mass is 9.96. The highest BCUT2D eigenvalue weighted by Crippen LogP contribution is 2.43. The van der Waals surface area contributed by atoms with Gasteiger partial charge in [0.15, 0.2) is 23.4 Å². The van der Waals surface area contributed by atoms with Crippen LogP contribution in [-0.2, 0) is 0 Å². The Morgan fingerprint density at radius 2 is 2.11 bits per heavy atom. The van der Waals surface area contributed by atoms with Crippen LogP contribution in [0.2, 0.25) is 0 Å². The van der Waals surface area contributed by atoms with E-state index < -0.39 is 0 Å². The maximum absolute atomic E-state index is 11.4. The number of aldehydes is 1. The van der Waals surface area contributed by atoms with Crippen molar-refractivity contribution >= 4 is 28.0 Å². The van der Waals surface area contributed by atoms with Crippen LogP contribution in [0.25, 0.3) is 21.7 Å². The van der Waals surface area contributed by atoms with Crippen molar-refractivity contribution < 1.29 is 19.1 Å². The molecule has 96 valence electrons. The molecule has 0 saturated carbocycles. The molecule has 0 aliphatic carbocycles. The topological polar surface area (TPSA) is 59.7 Å². The van der Waals surface area contributed by atoms with Gasteiger partial charge in [-0.3, -0.25) is 4.79 Å². The first-order chi connectivity index (χ1) is 9.19. The Balaban J connectivity index is 2.71. The third kappa shape index (κ3) is 1.43. The lowest BCUT2D eigenvalue weighted by molar-refractivity contribution is 0.112. The van der Waals surface area contributed by atoms with Crippen molar-refractivity contribution in [3.05, 3.63) is 35.6 Å². The van der Waals surface area contributed by atoms with Crippen LogP contribution in [0.1, 0.15) is 15.9 Å². The standard InChI is InChI=1S/C15H12O4/c1-8-4-3-5-9-12(8)10(6-16)13-11(17)7-19-15(13)14(9)18-2/h3-7,17H,1-2H3. The van der Waals surface area contributed by atoms with Gasteiger partial charge in [-0.2, -0.15) is 0 Å². The lowest BCUT2D eigenvalue weighted by Gasteiger charge is -2.11. The molecule has 0 spiro atoms. The molecule has 0 atom stereocenters. The van der Waals surface area contributed by atoms with E-state index in [1.807, 2.05) is 25.1 Å². The molecule has 0 amide bonds. The molecule has 0 unspecified atom stereocenters. The summed E-state index contributed by atoms with van der Waals surface area (Å²) in [6.07, 6.45) is 1.96. The number of rotatable bonds is 2. The smallest absolute Gasteiger partial charge is 0.181 e. The number of aromatic hydroxyl groups is 1. The summed E-state index contributed by atoms with van der Waals surface area (Å²) in [6, 6.07) is 5.67. The van der Waals surface area contributed by atoms with Crippen LogP contribution in [0.4, 0.5) is 0 Å². The largest absolute Gasteiger partial charge is 0.504 e. The number of benzene rings is 2. The first-order valence-corrected chi connectivity index (χ1v) is 5.83. The Morgan fingerprint density at radius 3 is 2.79 bits per heavy atom. The molecule has 3 aromatic rings. The number of furan rings is 1. The maximum Gasteiger partial charge on any atom is 0.181 e. The van der Waals surface area contributed by atoms with Gasteiger partial charge in [-0.05, 0) is 17.9 Å². The number of hydrogen-bond donors (Lipinski definition) is 1. The normalized spacial score (nSPS) is 11.1. The van der Waals surface area contributed by atoms with Gasteiger partial charge in [-0.15, -0.1) is 0 Å². The van der Waals surface area contributed by atoms with E-state index in [0.717, 1.165) is 22.6 Å². The molecule has 0 saturated heterocycles. The average Bonchev–Trinajstić information content (AvgIpc) is 2.79. The van der Waals surface area contributed by atoms with Crippen molar-refractivity contribution in [1.82, 2.24) is 0 Å². The molecule has 19 heavy (non-hydrogen) atoms. The Morgan fingerprint density at radius 1 is 1.32 bits per heavy atom. The molecule has 0 aliphatic rings. The summed E-state index contributed by atoms with van der Waals surface area (Å²) in [5, 5.41) is 11.9. The van der Waals surface area contributed by atoms with Gasteiger partial charge in [0.05, 0.1) is 12.5 Å². The quantitative estimate of drug-likeness (QED) is 0.714. The SMILES string of the molecule is COc1c2cccc(C)c2c(C=O)c2c(O)coc12. The van der Waals surface area contributed by atoms with E-state index in [1.54, 1.807) is 0 Å². The second-order valence-corrected chi connectivity index (χ2v) is 4.39. The molecule has 1 aromatic heterocycles. The minimum Gasteiger partial charge on any atom is -0.504 e. The molecule has 2 aromatic carbocycles. The summed E-state index contributed by atoms with van der Waals surface area (Å²) in [7, 11) is 1.54. The summed E-state index contributed by atoms with van der Waals surface area (Å²) in [6.45, 7) is 1.91. The van der Waals surface area contributed by atoms with E-state index in [9.17, 15) is 9.90 Å². The first-order valence-electron chi connectivity index (χ1n) is 5.83. The monoisotopic (exact) mass is 256 g/mol. The Bertz CT molecular complexity index is 799. The highest BCUT2D eigenvalue weighted by Gasteiger charge is 2.20. The van der Waals surface area contributed by atoms with Gasteiger partial charge >= 0.3 is 0 Å². The third-order valence-electron chi connectivity index (χ3n) is 3.36. The van der Waals surface area contributed by atoms with Gasteiger partial charge in [0.25, 0.3) is 0 Å². The van der Waals surface area contributed by atoms with E-state index in [1.165, 1.54) is 13.4 Å². The van der Waals surface area contributed by atoms with E-state index in [0.29, 0.717) is 22.3 Å². The van der Waals surface area contributed by atoms with Crippen molar-refractivity contribution in [2.45, 2.75) is 6.92 Å². The van der Waals surface area contributed by atoms with Crippen LogP contribution < -0.4 is 4.74 Å². The Kier molecular flexibility index (Phi) is 2.45. The van der Waals surface area contributed by atoms with Crippen molar-refractivity contribution in [1.29, 1.82) is 0 Å². The van der Waals surface area contributed by atoms with E-state index in [2.05, 4.69) is 0 Å². The Labute approximate surface area is 109 Å². The van der Waals surface area contributed by atoms with Crippen LogP contribution in [0.3, 0.4) is 0 Å². The number of hydrogen-bond acceptors (Lipinski definition) is 4. The zero-order chi connectivity index (χ0) is 13.6. The van der Waals surface area contributed by atoms with Gasteiger partial charge in [-0.1, -0.05) is 18.2 Å². The summed E-state index contributed by atoms with van der Waals surface area (Å²) < 4.78 is 10.7. The lowest BCUT2D eigenvalue weighted by Crippen LogP contribution is -1.93. The van der Waals surface area contributed by atoms with E-state index in [-0.39, 0.29) is 5.75 Å². The predicted molar refractivity (Wildman–Crippen MR) is 72.1 cm³/mol. The van der Waals surface area contributed by atoms with Gasteiger partial charge in [-0.25, -0.2) is 0 Å². The van der Waals surface area contributed by atoms with Crippen molar-refractivity contribution in [3.8, 4) is 11.5 Å². The maximum atomic E-state index is 11.4. The average molecular weight is 256 g/mol. The van der Waals surface area contributed by atoms with Gasteiger partial charge in [0, 0.05) is 10.9 Å². The highest BCUT2D eigenvalue weighted by atomic mass is 16.5. The molecule has 1 heterocycles. The number of carbonyl (C=O) groups is 1. The molecular formula is C15H12O4. The zero-order valence-corrected chi connectivity index (χ0v) is 10.6. The second-order valence-electron chi connectivity index (χ2n) is 4.39. The number of ether oxygens (including phenoxy) is 1. The highest BCUT2D eigenvalue weighted by molar-refractivity contribution is 6.17. The first kappa shape index (κ1) is 11.6. The summed E-state index contributed by atoms with van der Waals surface area (Å²) >= 11 is 0. The van der Waals surface area contributed by atoms with Crippen LogP contribution in [0.5, 0.6) is 11.5 Å². The zero-order valence-electron chi connectivity index (χ0n) is 10.6. The van der Waals surface area contributed by atoms with Crippen LogP contribution in [0, 0.1) is 6.92 Å². The Hall–Kier alpha value is -2.49. The summed E-state index contributed by atoms with van der Waals surface area (Å²) in [5.41, 5.74) is 1.76. The molecule has 4 heteroatoms. The minimum atomic E-state index is -0.0550. The molecule has 0 radical (unpaired) electrons. The van der Waals surface area contributed by atoms with E-state index in [4.69, 9.17) is 9.15 Å². The van der Waals surface area contributed by atoms with Gasteiger partial charge < -0.3 is 14.3 Å². The molecule has 0 aliphatic heterocycles. The number of carbonyl (C=O) groups excluding carboxylic acids is 1. The fourth-order valence-corrected chi connectivity index (χ4v) is 2.56. The third-order valence-corrected chi connectivity index (χ3v) is 3.36. The number of fused-ring (bicyclic) bond motifs is 2. The van der Waals surface area contributed by atoms with Crippen molar-refractivity contribution in [2.75, 3.05) is 7.11 Å². The molecule has 0 fully saturated rings. The molecule has 1 N–H and O–H groups in total. The van der Waals surface area contributed by atoms with Gasteiger partial charge in [0.2, 0.25) is 0 Å². The summed E-state index contributed by atoms with van der Waals surface area (Å²) in [5.74, 6) is 0.472. The fourth-order valence-electron chi connectivity index (χ4n) is 2.56. The number of aryl methyl sites for hydroxylation is 1. The predicted octanol–water partition coefficient (Wildman–Crippen LogP) is 3.42. The van der Waals surface area contributed by atoms with Crippen LogP contribution in [-0.4, -0.2) is 18.5 Å². The van der Waals surface area contributed by atoms with Crippen LogP contribution >= 0.6 is 0 Å². The number of methoxy groups -OCH3 is 1. The molecular weight excluding hydrogens is 244 g/mol. The second kappa shape index (κ2) is 4.02. The van der Waals surface area contributed by atoms with Crippen molar-refractivity contribution in [3.63, 3.8) is 0 Å². The molecule has 3 rings (SSSR count). The molecule has 4 nitrogen and oxygen atoms in total. The van der Waals surface area contributed by atoms with Crippen LogP contribution in [0.15, 0.2) is 28.9 Å². The summed E-state index contributed by atoms with van der Waals surface area (Å²) in [4.78, 5) is 11.4.